The van der Waals surface area contributed by atoms with Gasteiger partial charge in [0.25, 0.3) is 0 Å². The van der Waals surface area contributed by atoms with Crippen LogP contribution in [0.4, 0.5) is 0 Å². The molecule has 3 heterocycles. The van der Waals surface area contributed by atoms with Crippen molar-refractivity contribution in [2.24, 2.45) is 0 Å². The molecule has 0 saturated heterocycles. The van der Waals surface area contributed by atoms with Crippen LogP contribution in [-0.2, 0) is 6.54 Å². The Morgan fingerprint density at radius 2 is 1.69 bits per heavy atom. The highest BCUT2D eigenvalue weighted by molar-refractivity contribution is 5.89. The number of rotatable bonds is 2. The van der Waals surface area contributed by atoms with Crippen molar-refractivity contribution in [1.29, 1.82) is 0 Å². The Labute approximate surface area is 152 Å². The minimum atomic E-state index is 0.282. The van der Waals surface area contributed by atoms with Crippen LogP contribution in [0.2, 0.25) is 0 Å². The van der Waals surface area contributed by atoms with Gasteiger partial charge in [-0.1, -0.05) is 12.2 Å². The van der Waals surface area contributed by atoms with E-state index in [0.29, 0.717) is 0 Å². The molecule has 0 amide bonds. The van der Waals surface area contributed by atoms with E-state index >= 15 is 0 Å². The van der Waals surface area contributed by atoms with E-state index in [-0.39, 0.29) is 6.79 Å². The second-order valence-corrected chi connectivity index (χ2v) is 6.51. The zero-order valence-electron chi connectivity index (χ0n) is 14.7. The summed E-state index contributed by atoms with van der Waals surface area (Å²) < 4.78 is 22.1. The van der Waals surface area contributed by atoms with Gasteiger partial charge in [0, 0.05) is 24.4 Å². The van der Waals surface area contributed by atoms with Crippen LogP contribution in [-0.4, -0.2) is 32.5 Å². The lowest BCUT2D eigenvalue weighted by Crippen LogP contribution is -2.24. The van der Waals surface area contributed by atoms with Gasteiger partial charge in [0.1, 0.15) is 0 Å². The van der Waals surface area contributed by atoms with Crippen molar-refractivity contribution in [3.63, 3.8) is 0 Å². The maximum Gasteiger partial charge on any atom is 0.231 e. The van der Waals surface area contributed by atoms with Gasteiger partial charge in [-0.05, 0) is 47.0 Å². The van der Waals surface area contributed by atoms with Crippen molar-refractivity contribution in [3.8, 4) is 23.0 Å². The number of nitrogens with zero attached hydrogens (tertiary/aromatic N) is 1. The number of benzene rings is 2. The summed E-state index contributed by atoms with van der Waals surface area (Å²) in [6.07, 6.45) is 6.56. The fourth-order valence-electron chi connectivity index (χ4n) is 3.77. The topological polar surface area (TPSA) is 40.2 Å². The van der Waals surface area contributed by atoms with E-state index in [1.165, 1.54) is 11.3 Å². The summed E-state index contributed by atoms with van der Waals surface area (Å²) in [4.78, 5) is 2.36. The molecule has 2 aromatic carbocycles. The van der Waals surface area contributed by atoms with Gasteiger partial charge in [-0.2, -0.15) is 0 Å². The second kappa shape index (κ2) is 5.73. The Bertz CT molecular complexity index is 961. The molecule has 26 heavy (non-hydrogen) atoms. The van der Waals surface area contributed by atoms with Crippen LogP contribution in [0.25, 0.3) is 17.8 Å². The van der Waals surface area contributed by atoms with Crippen molar-refractivity contribution >= 4 is 17.8 Å². The molecule has 5 heteroatoms. The van der Waals surface area contributed by atoms with Crippen LogP contribution in [0.3, 0.4) is 0 Å². The Morgan fingerprint density at radius 3 is 2.50 bits per heavy atom. The SMILES string of the molecule is COc1cc2c(cc1OC)CN1CC=Cc3cc4c(cc3C1=C2)OCO4. The molecule has 0 unspecified atom stereocenters. The summed E-state index contributed by atoms with van der Waals surface area (Å²) in [6.45, 7) is 1.95. The summed E-state index contributed by atoms with van der Waals surface area (Å²) >= 11 is 0. The Morgan fingerprint density at radius 1 is 0.923 bits per heavy atom. The van der Waals surface area contributed by atoms with Gasteiger partial charge >= 0.3 is 0 Å². The maximum atomic E-state index is 5.59. The van der Waals surface area contributed by atoms with Gasteiger partial charge in [-0.25, -0.2) is 0 Å². The lowest BCUT2D eigenvalue weighted by molar-refractivity contribution is 0.174. The van der Waals surface area contributed by atoms with E-state index in [2.05, 4.69) is 41.3 Å². The van der Waals surface area contributed by atoms with Crippen molar-refractivity contribution in [3.05, 3.63) is 52.6 Å². The van der Waals surface area contributed by atoms with Gasteiger partial charge in [0.2, 0.25) is 6.79 Å². The largest absolute Gasteiger partial charge is 0.493 e. The molecule has 0 atom stereocenters. The zero-order valence-corrected chi connectivity index (χ0v) is 14.7. The van der Waals surface area contributed by atoms with Crippen molar-refractivity contribution in [2.45, 2.75) is 6.54 Å². The van der Waals surface area contributed by atoms with E-state index < -0.39 is 0 Å². The van der Waals surface area contributed by atoms with E-state index in [4.69, 9.17) is 18.9 Å². The molecule has 2 aromatic rings. The van der Waals surface area contributed by atoms with Gasteiger partial charge < -0.3 is 23.8 Å². The predicted octanol–water partition coefficient (Wildman–Crippen LogP) is 3.77. The summed E-state index contributed by atoms with van der Waals surface area (Å²) in [6, 6.07) is 8.25. The average Bonchev–Trinajstić information content (AvgIpc) is 3.05. The van der Waals surface area contributed by atoms with Crippen LogP contribution in [0.1, 0.15) is 22.3 Å². The molecule has 0 bridgehead atoms. The normalized spacial score (nSPS) is 16.2. The molecule has 0 fully saturated rings. The summed E-state index contributed by atoms with van der Waals surface area (Å²) in [5, 5.41) is 0. The predicted molar refractivity (Wildman–Crippen MR) is 99.4 cm³/mol. The Balaban J connectivity index is 1.68. The molecule has 3 aliphatic heterocycles. The fourth-order valence-corrected chi connectivity index (χ4v) is 3.77. The summed E-state index contributed by atoms with van der Waals surface area (Å²) in [7, 11) is 3.33. The molecule has 0 N–H and O–H groups in total. The number of fused-ring (bicyclic) bond motifs is 5. The fraction of sp³-hybridized carbons (Fsp3) is 0.238. The Hall–Kier alpha value is -3.08. The van der Waals surface area contributed by atoms with Crippen LogP contribution >= 0.6 is 0 Å². The van der Waals surface area contributed by atoms with Gasteiger partial charge in [0.15, 0.2) is 23.0 Å². The maximum absolute atomic E-state index is 5.59. The van der Waals surface area contributed by atoms with Crippen molar-refractivity contribution < 1.29 is 18.9 Å². The third-order valence-corrected chi connectivity index (χ3v) is 5.08. The molecule has 0 aromatic heterocycles. The van der Waals surface area contributed by atoms with Crippen LogP contribution in [0, 0.1) is 0 Å². The molecule has 3 aliphatic rings. The lowest BCUT2D eigenvalue weighted by atomic mass is 9.95. The highest BCUT2D eigenvalue weighted by Crippen LogP contribution is 2.43. The van der Waals surface area contributed by atoms with E-state index in [9.17, 15) is 0 Å². The standard InChI is InChI=1S/C21H19NO4/c1-23-18-8-14-6-17-16-10-21-20(25-12-26-21)7-13(16)4-3-5-22(17)11-15(14)9-19(18)24-2/h3-4,6-10H,5,11-12H2,1-2H3. The first-order chi connectivity index (χ1) is 12.8. The van der Waals surface area contributed by atoms with Crippen molar-refractivity contribution in [1.82, 2.24) is 4.90 Å². The highest BCUT2D eigenvalue weighted by Gasteiger charge is 2.26. The van der Waals surface area contributed by atoms with E-state index in [1.807, 2.05) is 6.07 Å². The molecule has 0 saturated carbocycles. The van der Waals surface area contributed by atoms with E-state index in [1.54, 1.807) is 14.2 Å². The summed E-state index contributed by atoms with van der Waals surface area (Å²) in [5.41, 5.74) is 5.86. The number of hydrogen-bond acceptors (Lipinski definition) is 5. The molecular formula is C21H19NO4. The first-order valence-electron chi connectivity index (χ1n) is 8.59. The smallest absolute Gasteiger partial charge is 0.231 e. The first-order valence-corrected chi connectivity index (χ1v) is 8.59. The molecular weight excluding hydrogens is 330 g/mol. The monoisotopic (exact) mass is 349 g/mol. The van der Waals surface area contributed by atoms with Crippen molar-refractivity contribution in [2.75, 3.05) is 27.6 Å². The zero-order chi connectivity index (χ0) is 17.7. The molecule has 0 radical (unpaired) electrons. The summed E-state index contributed by atoms with van der Waals surface area (Å²) in [5.74, 6) is 3.12. The van der Waals surface area contributed by atoms with Gasteiger partial charge in [0.05, 0.1) is 14.2 Å². The van der Waals surface area contributed by atoms with Gasteiger partial charge in [-0.3, -0.25) is 0 Å². The minimum Gasteiger partial charge on any atom is -0.493 e. The molecule has 5 nitrogen and oxygen atoms in total. The third-order valence-electron chi connectivity index (χ3n) is 5.08. The second-order valence-electron chi connectivity index (χ2n) is 6.51. The van der Waals surface area contributed by atoms with E-state index in [0.717, 1.165) is 52.8 Å². The number of ether oxygens (including phenoxy) is 4. The third kappa shape index (κ3) is 2.24. The first kappa shape index (κ1) is 15.2. The minimum absolute atomic E-state index is 0.282. The molecule has 0 aliphatic carbocycles. The van der Waals surface area contributed by atoms with Crippen LogP contribution < -0.4 is 18.9 Å². The lowest BCUT2D eigenvalue weighted by Gasteiger charge is -2.31. The van der Waals surface area contributed by atoms with Gasteiger partial charge in [-0.15, -0.1) is 0 Å². The van der Waals surface area contributed by atoms with Crippen LogP contribution in [0.15, 0.2) is 30.3 Å². The molecule has 0 spiro atoms. The average molecular weight is 349 g/mol. The molecule has 5 rings (SSSR count). The quantitative estimate of drug-likeness (QED) is 0.825. The highest BCUT2D eigenvalue weighted by atomic mass is 16.7. The Kier molecular flexibility index (Phi) is 3.35. The molecule has 132 valence electrons. The van der Waals surface area contributed by atoms with Crippen LogP contribution in [0.5, 0.6) is 23.0 Å². The number of methoxy groups -OCH3 is 2. The number of hydrogen-bond donors (Lipinski definition) is 0.